The summed E-state index contributed by atoms with van der Waals surface area (Å²) in [6, 6.07) is 6.91. The van der Waals surface area contributed by atoms with Crippen LogP contribution in [0.25, 0.3) is 0 Å². The Morgan fingerprint density at radius 2 is 2.04 bits per heavy atom. The van der Waals surface area contributed by atoms with Gasteiger partial charge in [0.2, 0.25) is 5.91 Å². The van der Waals surface area contributed by atoms with Crippen LogP contribution in [0, 0.1) is 5.92 Å². The minimum absolute atomic E-state index is 0.0418. The smallest absolute Gasteiger partial charge is 0.254 e. The van der Waals surface area contributed by atoms with Crippen molar-refractivity contribution in [3.63, 3.8) is 0 Å². The zero-order chi connectivity index (χ0) is 16.2. The SMILES string of the molecule is O=C(NCC1CCOC1)C1CCCN1C(=O)c1ccc(Br)cc1. The van der Waals surface area contributed by atoms with E-state index in [9.17, 15) is 9.59 Å². The minimum atomic E-state index is -0.353. The van der Waals surface area contributed by atoms with Gasteiger partial charge in [-0.3, -0.25) is 9.59 Å². The molecule has 124 valence electrons. The van der Waals surface area contributed by atoms with Gasteiger partial charge in [0.1, 0.15) is 6.04 Å². The normalized spacial score (nSPS) is 24.0. The maximum Gasteiger partial charge on any atom is 0.254 e. The van der Waals surface area contributed by atoms with Crippen LogP contribution in [0.15, 0.2) is 28.7 Å². The molecule has 0 bridgehead atoms. The molecule has 0 radical (unpaired) electrons. The molecule has 3 rings (SSSR count). The van der Waals surface area contributed by atoms with E-state index in [0.717, 1.165) is 30.3 Å². The molecule has 0 saturated carbocycles. The average Bonchev–Trinajstić information content (AvgIpc) is 3.24. The molecule has 1 N–H and O–H groups in total. The molecule has 1 aromatic carbocycles. The fourth-order valence-corrected chi connectivity index (χ4v) is 3.41. The number of benzene rings is 1. The molecule has 2 atom stereocenters. The zero-order valence-corrected chi connectivity index (χ0v) is 14.5. The van der Waals surface area contributed by atoms with Gasteiger partial charge in [0, 0.05) is 35.7 Å². The van der Waals surface area contributed by atoms with E-state index in [1.54, 1.807) is 17.0 Å². The number of nitrogens with one attached hydrogen (secondary N) is 1. The van der Waals surface area contributed by atoms with E-state index >= 15 is 0 Å². The molecule has 0 aromatic heterocycles. The summed E-state index contributed by atoms with van der Waals surface area (Å²) in [4.78, 5) is 26.8. The summed E-state index contributed by atoms with van der Waals surface area (Å²) in [6.07, 6.45) is 2.59. The summed E-state index contributed by atoms with van der Waals surface area (Å²) < 4.78 is 6.26. The summed E-state index contributed by atoms with van der Waals surface area (Å²) >= 11 is 3.37. The molecule has 2 amide bonds. The van der Waals surface area contributed by atoms with Crippen molar-refractivity contribution in [1.29, 1.82) is 0 Å². The molecule has 6 heteroatoms. The lowest BCUT2D eigenvalue weighted by Crippen LogP contribution is -2.47. The first kappa shape index (κ1) is 16.5. The number of amides is 2. The summed E-state index contributed by atoms with van der Waals surface area (Å²) in [5, 5.41) is 2.99. The van der Waals surface area contributed by atoms with Crippen LogP contribution in [0.5, 0.6) is 0 Å². The van der Waals surface area contributed by atoms with Crippen molar-refractivity contribution in [2.75, 3.05) is 26.3 Å². The largest absolute Gasteiger partial charge is 0.381 e. The summed E-state index contributed by atoms with van der Waals surface area (Å²) in [6.45, 7) is 2.76. The van der Waals surface area contributed by atoms with Crippen LogP contribution in [0.4, 0.5) is 0 Å². The van der Waals surface area contributed by atoms with Gasteiger partial charge in [-0.1, -0.05) is 15.9 Å². The Hall–Kier alpha value is -1.40. The second-order valence-corrected chi connectivity index (χ2v) is 7.05. The Kier molecular flexibility index (Phi) is 5.33. The van der Waals surface area contributed by atoms with Crippen LogP contribution in [-0.2, 0) is 9.53 Å². The highest BCUT2D eigenvalue weighted by Crippen LogP contribution is 2.21. The molecule has 0 aliphatic carbocycles. The molecule has 1 aromatic rings. The molecule has 2 fully saturated rings. The Morgan fingerprint density at radius 1 is 1.26 bits per heavy atom. The number of hydrogen-bond donors (Lipinski definition) is 1. The maximum absolute atomic E-state index is 12.6. The Morgan fingerprint density at radius 3 is 2.74 bits per heavy atom. The zero-order valence-electron chi connectivity index (χ0n) is 13.0. The molecule has 2 aliphatic rings. The van der Waals surface area contributed by atoms with Crippen molar-refractivity contribution in [3.05, 3.63) is 34.3 Å². The van der Waals surface area contributed by atoms with Crippen LogP contribution in [0.2, 0.25) is 0 Å². The monoisotopic (exact) mass is 380 g/mol. The van der Waals surface area contributed by atoms with Crippen molar-refractivity contribution >= 4 is 27.7 Å². The number of ether oxygens (including phenoxy) is 1. The Labute approximate surface area is 144 Å². The number of nitrogens with zero attached hydrogens (tertiary/aromatic N) is 1. The standard InChI is InChI=1S/C17H21BrN2O3/c18-14-5-3-13(4-6-14)17(22)20-8-1-2-15(20)16(21)19-10-12-7-9-23-11-12/h3-6,12,15H,1-2,7-11H2,(H,19,21). The highest BCUT2D eigenvalue weighted by molar-refractivity contribution is 9.10. The van der Waals surface area contributed by atoms with E-state index in [1.807, 2.05) is 12.1 Å². The predicted octanol–water partition coefficient (Wildman–Crippen LogP) is 2.21. The average molecular weight is 381 g/mol. The summed E-state index contributed by atoms with van der Waals surface area (Å²) in [5.74, 6) is 0.287. The van der Waals surface area contributed by atoms with Crippen molar-refractivity contribution in [1.82, 2.24) is 10.2 Å². The lowest BCUT2D eigenvalue weighted by molar-refractivity contribution is -0.125. The van der Waals surface area contributed by atoms with Crippen molar-refractivity contribution in [2.24, 2.45) is 5.92 Å². The van der Waals surface area contributed by atoms with Gasteiger partial charge in [-0.05, 0) is 43.5 Å². The molecule has 2 unspecified atom stereocenters. The van der Waals surface area contributed by atoms with Crippen molar-refractivity contribution in [2.45, 2.75) is 25.3 Å². The molecular formula is C17H21BrN2O3. The van der Waals surface area contributed by atoms with Crippen LogP contribution in [0.1, 0.15) is 29.6 Å². The van der Waals surface area contributed by atoms with Crippen LogP contribution in [-0.4, -0.2) is 49.1 Å². The van der Waals surface area contributed by atoms with Gasteiger partial charge in [-0.2, -0.15) is 0 Å². The Bertz CT molecular complexity index is 570. The van der Waals surface area contributed by atoms with E-state index in [1.165, 1.54) is 0 Å². The Balaban J connectivity index is 1.61. The highest BCUT2D eigenvalue weighted by atomic mass is 79.9. The second-order valence-electron chi connectivity index (χ2n) is 6.14. The highest BCUT2D eigenvalue weighted by Gasteiger charge is 2.34. The van der Waals surface area contributed by atoms with Crippen LogP contribution >= 0.6 is 15.9 Å². The third-order valence-corrected chi connectivity index (χ3v) is 5.03. The lowest BCUT2D eigenvalue weighted by Gasteiger charge is -2.24. The molecule has 5 nitrogen and oxygen atoms in total. The predicted molar refractivity (Wildman–Crippen MR) is 90.1 cm³/mol. The summed E-state index contributed by atoms with van der Waals surface area (Å²) in [7, 11) is 0. The third kappa shape index (κ3) is 3.93. The lowest BCUT2D eigenvalue weighted by atomic mass is 10.1. The first-order valence-electron chi connectivity index (χ1n) is 8.07. The van der Waals surface area contributed by atoms with Gasteiger partial charge in [-0.25, -0.2) is 0 Å². The quantitative estimate of drug-likeness (QED) is 0.870. The van der Waals surface area contributed by atoms with E-state index in [-0.39, 0.29) is 17.9 Å². The molecule has 23 heavy (non-hydrogen) atoms. The summed E-state index contributed by atoms with van der Waals surface area (Å²) in [5.41, 5.74) is 0.622. The molecular weight excluding hydrogens is 360 g/mol. The van der Waals surface area contributed by atoms with Gasteiger partial charge in [0.05, 0.1) is 6.61 Å². The number of rotatable bonds is 4. The van der Waals surface area contributed by atoms with E-state index in [0.29, 0.717) is 31.2 Å². The number of carbonyl (C=O) groups is 2. The van der Waals surface area contributed by atoms with E-state index in [4.69, 9.17) is 4.74 Å². The molecule has 2 saturated heterocycles. The number of halogens is 1. The number of carbonyl (C=O) groups excluding carboxylic acids is 2. The maximum atomic E-state index is 12.6. The third-order valence-electron chi connectivity index (χ3n) is 4.50. The van der Waals surface area contributed by atoms with Gasteiger partial charge in [0.15, 0.2) is 0 Å². The fraction of sp³-hybridized carbons (Fsp3) is 0.529. The van der Waals surface area contributed by atoms with Crippen LogP contribution in [0.3, 0.4) is 0 Å². The van der Waals surface area contributed by atoms with Crippen LogP contribution < -0.4 is 5.32 Å². The van der Waals surface area contributed by atoms with Gasteiger partial charge in [-0.15, -0.1) is 0 Å². The van der Waals surface area contributed by atoms with Crippen molar-refractivity contribution < 1.29 is 14.3 Å². The first-order chi connectivity index (χ1) is 11.1. The molecule has 0 spiro atoms. The molecule has 2 aliphatic heterocycles. The number of likely N-dealkylation sites (tertiary alicyclic amines) is 1. The minimum Gasteiger partial charge on any atom is -0.381 e. The fourth-order valence-electron chi connectivity index (χ4n) is 3.15. The second kappa shape index (κ2) is 7.45. The first-order valence-corrected chi connectivity index (χ1v) is 8.86. The van der Waals surface area contributed by atoms with Gasteiger partial charge >= 0.3 is 0 Å². The number of hydrogen-bond acceptors (Lipinski definition) is 3. The van der Waals surface area contributed by atoms with E-state index < -0.39 is 0 Å². The molecule has 2 heterocycles. The van der Waals surface area contributed by atoms with E-state index in [2.05, 4.69) is 21.2 Å². The van der Waals surface area contributed by atoms with Crippen molar-refractivity contribution in [3.8, 4) is 0 Å². The van der Waals surface area contributed by atoms with Gasteiger partial charge in [0.25, 0.3) is 5.91 Å². The topological polar surface area (TPSA) is 58.6 Å². The van der Waals surface area contributed by atoms with Gasteiger partial charge < -0.3 is 15.0 Å².